The predicted octanol–water partition coefficient (Wildman–Crippen LogP) is -0.932. The molecule has 3 aliphatic heterocycles. The molecule has 2 fully saturated rings. The summed E-state index contributed by atoms with van der Waals surface area (Å²) in [5, 5.41) is 111. The van der Waals surface area contributed by atoms with Gasteiger partial charge in [0, 0.05) is 51.1 Å². The van der Waals surface area contributed by atoms with Crippen LogP contribution in [-0.2, 0) is 28.5 Å². The first-order valence-corrected chi connectivity index (χ1v) is 22.7. The maximum absolute atomic E-state index is 13.4. The van der Waals surface area contributed by atoms with Crippen molar-refractivity contribution < 1.29 is 79.6 Å². The van der Waals surface area contributed by atoms with Crippen LogP contribution in [0, 0.1) is 11.8 Å². The van der Waals surface area contributed by atoms with E-state index in [0.717, 1.165) is 0 Å². The summed E-state index contributed by atoms with van der Waals surface area (Å²) < 4.78 is 23.2. The third-order valence-corrected chi connectivity index (χ3v) is 11.5. The molecule has 3 rings (SSSR count). The Labute approximate surface area is 387 Å². The molecule has 2 saturated heterocycles. The Morgan fingerprint density at radius 2 is 1.33 bits per heavy atom. The summed E-state index contributed by atoms with van der Waals surface area (Å²) in [7, 11) is 0. The number of nitrogens with two attached hydrogens (primary N) is 2. The van der Waals surface area contributed by atoms with Crippen molar-refractivity contribution in [2.75, 3.05) is 19.7 Å². The van der Waals surface area contributed by atoms with Crippen LogP contribution in [0.2, 0.25) is 0 Å². The summed E-state index contributed by atoms with van der Waals surface area (Å²) in [6.45, 7) is 3.36. The molecule has 0 saturated carbocycles. The number of nitrogens with one attached hydrogen (secondary N) is 1. The van der Waals surface area contributed by atoms with Gasteiger partial charge in [0.1, 0.15) is 12.2 Å². The monoisotopic (exact) mass is 938 g/mol. The minimum atomic E-state index is -2.26. The van der Waals surface area contributed by atoms with Crippen LogP contribution in [0.1, 0.15) is 71.6 Å². The van der Waals surface area contributed by atoms with Gasteiger partial charge in [-0.15, -0.1) is 0 Å². The number of rotatable bonds is 5. The van der Waals surface area contributed by atoms with Crippen LogP contribution in [-0.4, -0.2) is 174 Å². The Kier molecular flexibility index (Phi) is 25.3. The zero-order valence-electron chi connectivity index (χ0n) is 37.9. The minimum Gasteiger partial charge on any atom is -0.462 e. The van der Waals surface area contributed by atoms with Gasteiger partial charge in [0.15, 0.2) is 12.1 Å². The topological polar surface area (TPSA) is 337 Å². The van der Waals surface area contributed by atoms with Crippen molar-refractivity contribution in [3.8, 4) is 0 Å². The molecule has 19 nitrogen and oxygen atoms in total. The van der Waals surface area contributed by atoms with Crippen LogP contribution in [0.25, 0.3) is 0 Å². The normalized spacial score (nSPS) is 42.7. The predicted molar refractivity (Wildman–Crippen MR) is 242 cm³/mol. The van der Waals surface area contributed by atoms with Crippen molar-refractivity contribution in [3.05, 3.63) is 85.1 Å². The fraction of sp³-hybridized carbons (Fsp3) is 0.660. The van der Waals surface area contributed by atoms with Gasteiger partial charge in [-0.3, -0.25) is 9.59 Å². The van der Waals surface area contributed by atoms with Gasteiger partial charge in [-0.2, -0.15) is 0 Å². The minimum absolute atomic E-state index is 0.0655. The van der Waals surface area contributed by atoms with E-state index >= 15 is 0 Å². The first kappa shape index (κ1) is 56.8. The molecule has 0 aromatic carbocycles. The number of ether oxygens (including phenoxy) is 4. The third-order valence-electron chi connectivity index (χ3n) is 11.5. The van der Waals surface area contributed by atoms with E-state index in [4.69, 9.17) is 30.4 Å². The highest BCUT2D eigenvalue weighted by Gasteiger charge is 2.50. The SMILES string of the molecule is C[C@H]1CC(O)[C@@H](C)/C=C/C=C/C=C/C=C/C=C/C=C/C=C/C(O[C@@H]2OC[C@@H](O)[C@H](N)C2O)C[C@@H]2OC(O)(CC(O)CC(O)C(O)CCC(O)CC(O)CC(=O)O1)C[C@H](O)C2C(=O)NCCN. The molecular formula is C47H75N3O16. The van der Waals surface area contributed by atoms with Gasteiger partial charge in [-0.25, -0.2) is 0 Å². The second-order valence-electron chi connectivity index (χ2n) is 17.4. The van der Waals surface area contributed by atoms with Crippen LogP contribution in [0.15, 0.2) is 85.1 Å². The molecule has 10 unspecified atom stereocenters. The van der Waals surface area contributed by atoms with Crippen LogP contribution >= 0.6 is 0 Å². The van der Waals surface area contributed by atoms with E-state index in [9.17, 15) is 60.7 Å². The number of esters is 1. The molecule has 19 heteroatoms. The number of aliphatic hydroxyl groups excluding tert-OH is 9. The fourth-order valence-corrected chi connectivity index (χ4v) is 7.82. The standard InChI is InChI=1S/C47H75N3O16/c1-29-15-13-11-9-7-5-3-4-6-8-10-12-14-16-34(65-46-44(60)43(49)39(58)28-63-46)25-40-42(45(61)50-20-19-48)38(57)27-47(62,66-40)26-33(53)23-37(56)35(54)18-17-31(51)22-32(52)24-41(59)64-30(2)21-36(29)55/h3-16,29-40,42-44,46,51-58,60,62H,17-28,48-49H2,1-2H3,(H,50,61)/b4-3+,7-5+,8-6+,11-9+,12-10+,15-13+,16-14+/t29-,30-,31?,32?,33?,34?,35?,36?,37?,38-,39+,40-,42?,43-,44?,46-,47?/m0/s1. The number of carbonyl (C=O) groups excluding carboxylic acids is 2. The van der Waals surface area contributed by atoms with Crippen molar-refractivity contribution in [2.45, 2.75) is 163 Å². The fourth-order valence-electron chi connectivity index (χ4n) is 7.82. The second-order valence-corrected chi connectivity index (χ2v) is 17.4. The molecule has 3 heterocycles. The van der Waals surface area contributed by atoms with Crippen molar-refractivity contribution in [1.82, 2.24) is 5.32 Å². The summed E-state index contributed by atoms with van der Waals surface area (Å²) in [5.41, 5.74) is 11.6. The molecule has 15 N–H and O–H groups in total. The quantitative estimate of drug-likeness (QED) is 0.148. The number of aliphatic hydroxyl groups is 10. The maximum Gasteiger partial charge on any atom is 0.308 e. The summed E-state index contributed by atoms with van der Waals surface area (Å²) in [4.78, 5) is 25.9. The zero-order valence-corrected chi connectivity index (χ0v) is 37.9. The number of fused-ring (bicyclic) bond motifs is 2. The lowest BCUT2D eigenvalue weighted by molar-refractivity contribution is -0.304. The average molecular weight is 938 g/mol. The Balaban J connectivity index is 1.88. The molecule has 17 atom stereocenters. The molecular weight excluding hydrogens is 863 g/mol. The summed E-state index contributed by atoms with van der Waals surface area (Å²) in [5.74, 6) is -5.16. The van der Waals surface area contributed by atoms with Crippen molar-refractivity contribution >= 4 is 11.9 Å². The molecule has 66 heavy (non-hydrogen) atoms. The van der Waals surface area contributed by atoms with Crippen molar-refractivity contribution in [2.24, 2.45) is 23.3 Å². The lowest BCUT2D eigenvalue weighted by Crippen LogP contribution is -2.59. The highest BCUT2D eigenvalue weighted by molar-refractivity contribution is 5.80. The summed E-state index contributed by atoms with van der Waals surface area (Å²) in [6, 6.07) is -1.11. The Morgan fingerprint density at radius 1 is 0.727 bits per heavy atom. The third kappa shape index (κ3) is 20.4. The Bertz CT molecular complexity index is 1660. The number of allylic oxidation sites excluding steroid dienone is 12. The molecule has 0 aromatic rings. The Hall–Kier alpha value is -3.48. The molecule has 0 aromatic heterocycles. The molecule has 0 aliphatic carbocycles. The molecule has 0 spiro atoms. The van der Waals surface area contributed by atoms with Crippen LogP contribution in [0.4, 0.5) is 0 Å². The second kappa shape index (κ2) is 29.4. The largest absolute Gasteiger partial charge is 0.462 e. The smallest absolute Gasteiger partial charge is 0.308 e. The van der Waals surface area contributed by atoms with Gasteiger partial charge in [0.2, 0.25) is 5.91 Å². The van der Waals surface area contributed by atoms with E-state index in [1.54, 1.807) is 61.6 Å². The van der Waals surface area contributed by atoms with Gasteiger partial charge in [0.25, 0.3) is 0 Å². The van der Waals surface area contributed by atoms with Crippen molar-refractivity contribution in [1.29, 1.82) is 0 Å². The van der Waals surface area contributed by atoms with E-state index in [1.807, 2.05) is 37.3 Å². The van der Waals surface area contributed by atoms with Gasteiger partial charge < -0.3 is 86.8 Å². The van der Waals surface area contributed by atoms with E-state index in [1.165, 1.54) is 0 Å². The van der Waals surface area contributed by atoms with Crippen molar-refractivity contribution in [3.63, 3.8) is 0 Å². The lowest BCUT2D eigenvalue weighted by atomic mass is 9.82. The molecule has 2 bridgehead atoms. The molecule has 1 amide bonds. The number of hydrogen-bond acceptors (Lipinski definition) is 18. The molecule has 374 valence electrons. The number of amides is 1. The number of cyclic esters (lactones) is 1. The highest BCUT2D eigenvalue weighted by atomic mass is 16.7. The van der Waals surface area contributed by atoms with E-state index in [-0.39, 0.29) is 57.7 Å². The van der Waals surface area contributed by atoms with Crippen LogP contribution in [0.3, 0.4) is 0 Å². The van der Waals surface area contributed by atoms with E-state index < -0.39 is 135 Å². The van der Waals surface area contributed by atoms with E-state index in [0.29, 0.717) is 0 Å². The van der Waals surface area contributed by atoms with E-state index in [2.05, 4.69) is 5.32 Å². The van der Waals surface area contributed by atoms with Crippen LogP contribution in [0.5, 0.6) is 0 Å². The maximum atomic E-state index is 13.4. The lowest BCUT2D eigenvalue weighted by Gasteiger charge is -2.45. The number of hydrogen-bond donors (Lipinski definition) is 13. The first-order chi connectivity index (χ1) is 31.3. The molecule has 0 radical (unpaired) electrons. The van der Waals surface area contributed by atoms with Gasteiger partial charge >= 0.3 is 5.97 Å². The highest BCUT2D eigenvalue weighted by Crippen LogP contribution is 2.38. The zero-order chi connectivity index (χ0) is 48.8. The summed E-state index contributed by atoms with van der Waals surface area (Å²) in [6.07, 6.45) is 5.78. The van der Waals surface area contributed by atoms with Gasteiger partial charge in [-0.05, 0) is 26.2 Å². The Morgan fingerprint density at radius 3 is 1.95 bits per heavy atom. The van der Waals surface area contributed by atoms with Gasteiger partial charge in [-0.1, -0.05) is 92.0 Å². The average Bonchev–Trinajstić information content (AvgIpc) is 3.23. The number of carbonyl (C=O) groups is 2. The summed E-state index contributed by atoms with van der Waals surface area (Å²) >= 11 is 0. The van der Waals surface area contributed by atoms with Crippen LogP contribution < -0.4 is 16.8 Å². The first-order valence-electron chi connectivity index (χ1n) is 22.7. The molecule has 3 aliphatic rings. The van der Waals surface area contributed by atoms with Gasteiger partial charge in [0.05, 0.1) is 86.0 Å².